The van der Waals surface area contributed by atoms with Gasteiger partial charge in [-0.3, -0.25) is 19.3 Å². The molecule has 2 amide bonds. The minimum Gasteiger partial charge on any atom is -0.325 e. The summed E-state index contributed by atoms with van der Waals surface area (Å²) in [7, 11) is 0. The van der Waals surface area contributed by atoms with Gasteiger partial charge in [-0.25, -0.2) is 8.78 Å². The molecule has 6 nitrogen and oxygen atoms in total. The fraction of sp³-hybridized carbons (Fsp3) is 0.250. The van der Waals surface area contributed by atoms with Gasteiger partial charge in [0.1, 0.15) is 17.3 Å². The van der Waals surface area contributed by atoms with Crippen molar-refractivity contribution in [2.75, 3.05) is 30.3 Å². The minimum atomic E-state index is -0.875. The molecule has 2 aromatic rings. The molecule has 0 heterocycles. The Morgan fingerprint density at radius 1 is 0.929 bits per heavy atom. The van der Waals surface area contributed by atoms with Crippen LogP contribution in [0.25, 0.3) is 0 Å². The van der Waals surface area contributed by atoms with E-state index in [1.54, 1.807) is 31.2 Å². The highest BCUT2D eigenvalue weighted by Gasteiger charge is 2.16. The molecule has 2 rings (SSSR count). The highest BCUT2D eigenvalue weighted by molar-refractivity contribution is 5.98. The maximum Gasteiger partial charge on any atom is 0.238 e. The van der Waals surface area contributed by atoms with Crippen LogP contribution in [-0.2, 0) is 9.59 Å². The molecule has 0 aliphatic carbocycles. The molecule has 8 heteroatoms. The van der Waals surface area contributed by atoms with Crippen molar-refractivity contribution in [3.05, 3.63) is 59.7 Å². The predicted octanol–water partition coefficient (Wildman–Crippen LogP) is 3.07. The van der Waals surface area contributed by atoms with Gasteiger partial charge in [0.2, 0.25) is 11.8 Å². The smallest absolute Gasteiger partial charge is 0.238 e. The van der Waals surface area contributed by atoms with E-state index in [0.29, 0.717) is 17.8 Å². The Morgan fingerprint density at radius 3 is 2.07 bits per heavy atom. The number of amides is 2. The molecular weight excluding hydrogens is 368 g/mol. The summed E-state index contributed by atoms with van der Waals surface area (Å²) in [6.07, 6.45) is 0. The monoisotopic (exact) mass is 389 g/mol. The number of carbonyl (C=O) groups excluding carboxylic acids is 3. The van der Waals surface area contributed by atoms with Crippen molar-refractivity contribution in [3.63, 3.8) is 0 Å². The van der Waals surface area contributed by atoms with Gasteiger partial charge < -0.3 is 10.6 Å². The third-order valence-electron chi connectivity index (χ3n) is 3.96. The molecule has 148 valence electrons. The van der Waals surface area contributed by atoms with Gasteiger partial charge in [-0.1, -0.05) is 25.1 Å². The number of rotatable bonds is 8. The van der Waals surface area contributed by atoms with Crippen molar-refractivity contribution in [3.8, 4) is 0 Å². The summed E-state index contributed by atoms with van der Waals surface area (Å²) < 4.78 is 27.2. The van der Waals surface area contributed by atoms with E-state index in [4.69, 9.17) is 0 Å². The number of para-hydroxylation sites is 1. The summed E-state index contributed by atoms with van der Waals surface area (Å²) in [6, 6.07) is 9.78. The molecule has 0 radical (unpaired) electrons. The maximum absolute atomic E-state index is 13.6. The number of carbonyl (C=O) groups is 3. The van der Waals surface area contributed by atoms with Gasteiger partial charge in [-0.05, 0) is 37.7 Å². The van der Waals surface area contributed by atoms with Crippen LogP contribution in [0.15, 0.2) is 42.5 Å². The minimum absolute atomic E-state index is 0.103. The lowest BCUT2D eigenvalue weighted by molar-refractivity contribution is -0.120. The van der Waals surface area contributed by atoms with E-state index in [1.807, 2.05) is 0 Å². The average Bonchev–Trinajstić information content (AvgIpc) is 2.64. The van der Waals surface area contributed by atoms with Gasteiger partial charge in [0.25, 0.3) is 0 Å². The molecule has 0 saturated heterocycles. The Morgan fingerprint density at radius 2 is 1.50 bits per heavy atom. The number of nitrogens with one attached hydrogen (secondary N) is 2. The summed E-state index contributed by atoms with van der Waals surface area (Å²) in [5, 5.41) is 4.84. The number of benzene rings is 2. The van der Waals surface area contributed by atoms with E-state index in [1.165, 1.54) is 17.9 Å². The number of hydrogen-bond donors (Lipinski definition) is 2. The number of likely N-dealkylation sites (N-methyl/N-ethyl adjacent to an activating group) is 1. The first-order chi connectivity index (χ1) is 13.3. The fourth-order valence-electron chi connectivity index (χ4n) is 2.50. The lowest BCUT2D eigenvalue weighted by Crippen LogP contribution is -2.38. The molecule has 28 heavy (non-hydrogen) atoms. The lowest BCUT2D eigenvalue weighted by atomic mass is 10.1. The number of halogens is 2. The zero-order valence-corrected chi connectivity index (χ0v) is 15.6. The second-order valence-corrected chi connectivity index (χ2v) is 6.13. The molecular formula is C20H21F2N3O3. The topological polar surface area (TPSA) is 78.5 Å². The second kappa shape index (κ2) is 9.70. The summed E-state index contributed by atoms with van der Waals surface area (Å²) >= 11 is 0. The highest BCUT2D eigenvalue weighted by atomic mass is 19.1. The van der Waals surface area contributed by atoms with Gasteiger partial charge >= 0.3 is 0 Å². The number of ketones is 1. The Bertz CT molecular complexity index is 866. The van der Waals surface area contributed by atoms with Crippen LogP contribution in [0.4, 0.5) is 20.2 Å². The standard InChI is InChI=1S/C20H21F2N3O3/c1-3-25(12-19(28)24-20-16(21)8-5-9-17(20)22)11-18(27)23-15-7-4-6-14(10-15)13(2)26/h4-10H,3,11-12H2,1-2H3,(H,23,27)(H,24,28). The molecule has 0 bridgehead atoms. The van der Waals surface area contributed by atoms with E-state index in [2.05, 4.69) is 10.6 Å². The highest BCUT2D eigenvalue weighted by Crippen LogP contribution is 2.18. The Labute approximate surface area is 161 Å². The van der Waals surface area contributed by atoms with Crippen LogP contribution < -0.4 is 10.6 Å². The van der Waals surface area contributed by atoms with Crippen LogP contribution >= 0.6 is 0 Å². The van der Waals surface area contributed by atoms with E-state index in [9.17, 15) is 23.2 Å². The van der Waals surface area contributed by atoms with Crippen LogP contribution in [-0.4, -0.2) is 42.1 Å². The summed E-state index contributed by atoms with van der Waals surface area (Å²) in [5.74, 6) is -2.90. The lowest BCUT2D eigenvalue weighted by Gasteiger charge is -2.19. The van der Waals surface area contributed by atoms with E-state index < -0.39 is 23.2 Å². The number of hydrogen-bond acceptors (Lipinski definition) is 4. The van der Waals surface area contributed by atoms with Crippen LogP contribution in [0.3, 0.4) is 0 Å². The molecule has 0 aliphatic rings. The number of Topliss-reactive ketones (excluding diaryl/α,β-unsaturated/α-hetero) is 1. The van der Waals surface area contributed by atoms with Crippen LogP contribution in [0.5, 0.6) is 0 Å². The molecule has 0 saturated carbocycles. The third kappa shape index (κ3) is 5.95. The SMILES string of the molecule is CCN(CC(=O)Nc1cccc(C(C)=O)c1)CC(=O)Nc1c(F)cccc1F. The molecule has 2 N–H and O–H groups in total. The number of anilines is 2. The van der Waals surface area contributed by atoms with E-state index in [-0.39, 0.29) is 24.8 Å². The second-order valence-electron chi connectivity index (χ2n) is 6.13. The van der Waals surface area contributed by atoms with Crippen LogP contribution in [0, 0.1) is 11.6 Å². The van der Waals surface area contributed by atoms with Crippen molar-refractivity contribution in [1.82, 2.24) is 4.90 Å². The van der Waals surface area contributed by atoms with Crippen molar-refractivity contribution in [2.45, 2.75) is 13.8 Å². The molecule has 0 unspecified atom stereocenters. The summed E-state index contributed by atoms with van der Waals surface area (Å²) in [4.78, 5) is 37.2. The molecule has 0 fully saturated rings. The largest absolute Gasteiger partial charge is 0.325 e. The molecule has 0 atom stereocenters. The predicted molar refractivity (Wildman–Crippen MR) is 102 cm³/mol. The summed E-state index contributed by atoms with van der Waals surface area (Å²) in [5.41, 5.74) is 0.414. The van der Waals surface area contributed by atoms with Crippen LogP contribution in [0.2, 0.25) is 0 Å². The molecule has 0 spiro atoms. The van der Waals surface area contributed by atoms with Gasteiger partial charge in [-0.15, -0.1) is 0 Å². The Kier molecular flexibility index (Phi) is 7.34. The first-order valence-electron chi connectivity index (χ1n) is 8.67. The van der Waals surface area contributed by atoms with E-state index >= 15 is 0 Å². The van der Waals surface area contributed by atoms with Gasteiger partial charge in [0.15, 0.2) is 5.78 Å². The third-order valence-corrected chi connectivity index (χ3v) is 3.96. The molecule has 2 aromatic carbocycles. The van der Waals surface area contributed by atoms with Crippen molar-refractivity contribution in [1.29, 1.82) is 0 Å². The Balaban J connectivity index is 1.94. The van der Waals surface area contributed by atoms with Crippen molar-refractivity contribution < 1.29 is 23.2 Å². The summed E-state index contributed by atoms with van der Waals surface area (Å²) in [6.45, 7) is 3.23. The maximum atomic E-state index is 13.6. The van der Waals surface area contributed by atoms with E-state index in [0.717, 1.165) is 12.1 Å². The van der Waals surface area contributed by atoms with Gasteiger partial charge in [0.05, 0.1) is 13.1 Å². The fourth-order valence-corrected chi connectivity index (χ4v) is 2.50. The van der Waals surface area contributed by atoms with Crippen molar-refractivity contribution >= 4 is 29.0 Å². The zero-order valence-electron chi connectivity index (χ0n) is 15.6. The molecule has 0 aliphatic heterocycles. The zero-order chi connectivity index (χ0) is 20.7. The Hall–Kier alpha value is -3.13. The number of nitrogens with zero attached hydrogens (tertiary/aromatic N) is 1. The average molecular weight is 389 g/mol. The van der Waals surface area contributed by atoms with Crippen LogP contribution in [0.1, 0.15) is 24.2 Å². The van der Waals surface area contributed by atoms with Crippen molar-refractivity contribution in [2.24, 2.45) is 0 Å². The van der Waals surface area contributed by atoms with Gasteiger partial charge in [0, 0.05) is 11.3 Å². The van der Waals surface area contributed by atoms with Gasteiger partial charge in [-0.2, -0.15) is 0 Å². The first kappa shape index (κ1) is 21.2. The quantitative estimate of drug-likeness (QED) is 0.680. The first-order valence-corrected chi connectivity index (χ1v) is 8.67. The molecule has 0 aromatic heterocycles. The normalized spacial score (nSPS) is 10.6.